The minimum absolute atomic E-state index is 0. The summed E-state index contributed by atoms with van der Waals surface area (Å²) in [5.74, 6) is -2.54. The van der Waals surface area contributed by atoms with Crippen molar-refractivity contribution in [3.63, 3.8) is 0 Å². The lowest BCUT2D eigenvalue weighted by atomic mass is 9.81. The number of amides is 3. The summed E-state index contributed by atoms with van der Waals surface area (Å²) >= 11 is 0. The van der Waals surface area contributed by atoms with E-state index in [1.165, 1.54) is 0 Å². The SMILES string of the molecule is CCN1C(=O)N(CC2CCOCC2)CC12CC1CCC(C2)N1CC[C@H](NC(=O)C1CCC(F)(F)CC1)c1ccccc1.Cl. The molecule has 4 aliphatic heterocycles. The number of benzene rings is 1. The quantitative estimate of drug-likeness (QED) is 0.365. The second-order valence-electron chi connectivity index (χ2n) is 13.6. The number of rotatable bonds is 9. The van der Waals surface area contributed by atoms with Crippen molar-refractivity contribution in [2.75, 3.05) is 39.4 Å². The van der Waals surface area contributed by atoms with E-state index >= 15 is 0 Å². The number of hydrogen-bond acceptors (Lipinski definition) is 4. The number of likely N-dealkylation sites (N-methyl/N-ethyl adjacent to an activating group) is 1. The number of hydrogen-bond donors (Lipinski definition) is 1. The maximum absolute atomic E-state index is 13.7. The van der Waals surface area contributed by atoms with E-state index in [4.69, 9.17) is 4.74 Å². The van der Waals surface area contributed by atoms with Gasteiger partial charge in [0.05, 0.1) is 11.6 Å². The van der Waals surface area contributed by atoms with Crippen LogP contribution in [0.2, 0.25) is 0 Å². The van der Waals surface area contributed by atoms with Crippen molar-refractivity contribution >= 4 is 24.3 Å². The van der Waals surface area contributed by atoms with Gasteiger partial charge in [-0.25, -0.2) is 13.6 Å². The molecule has 7 nitrogen and oxygen atoms in total. The number of ether oxygens (including phenoxy) is 1. The van der Waals surface area contributed by atoms with Crippen molar-refractivity contribution in [3.8, 4) is 0 Å². The molecule has 5 fully saturated rings. The summed E-state index contributed by atoms with van der Waals surface area (Å²) in [6.07, 6.45) is 7.25. The van der Waals surface area contributed by atoms with Gasteiger partial charge in [0.15, 0.2) is 0 Å². The molecule has 4 heterocycles. The van der Waals surface area contributed by atoms with E-state index in [1.54, 1.807) is 0 Å². The Balaban J connectivity index is 0.00000368. The molecule has 43 heavy (non-hydrogen) atoms. The molecule has 2 unspecified atom stereocenters. The molecular formula is C33H49ClF2N4O3. The molecule has 4 saturated heterocycles. The number of nitrogens with one attached hydrogen (secondary N) is 1. The predicted molar refractivity (Wildman–Crippen MR) is 164 cm³/mol. The second kappa shape index (κ2) is 13.6. The Kier molecular flexibility index (Phi) is 10.2. The normalized spacial score (nSPS) is 30.4. The lowest BCUT2D eigenvalue weighted by Crippen LogP contribution is -2.58. The highest BCUT2D eigenvalue weighted by Gasteiger charge is 2.56. The van der Waals surface area contributed by atoms with Gasteiger partial charge >= 0.3 is 6.03 Å². The monoisotopic (exact) mass is 622 g/mol. The summed E-state index contributed by atoms with van der Waals surface area (Å²) in [6, 6.07) is 11.0. The summed E-state index contributed by atoms with van der Waals surface area (Å²) in [7, 11) is 0. The van der Waals surface area contributed by atoms with E-state index in [-0.39, 0.29) is 67.5 Å². The number of urea groups is 1. The number of halogens is 3. The van der Waals surface area contributed by atoms with Crippen molar-refractivity contribution in [1.82, 2.24) is 20.0 Å². The topological polar surface area (TPSA) is 65.1 Å². The minimum Gasteiger partial charge on any atom is -0.381 e. The molecule has 6 rings (SSSR count). The van der Waals surface area contributed by atoms with E-state index < -0.39 is 5.92 Å². The second-order valence-corrected chi connectivity index (χ2v) is 13.6. The molecule has 3 amide bonds. The van der Waals surface area contributed by atoms with Gasteiger partial charge in [0.2, 0.25) is 11.8 Å². The highest BCUT2D eigenvalue weighted by Crippen LogP contribution is 2.47. The lowest BCUT2D eigenvalue weighted by molar-refractivity contribution is -0.130. The molecule has 10 heteroatoms. The average Bonchev–Trinajstić information content (AvgIpc) is 3.38. The van der Waals surface area contributed by atoms with E-state index in [9.17, 15) is 18.4 Å². The van der Waals surface area contributed by atoms with Crippen LogP contribution in [0.1, 0.15) is 89.2 Å². The molecule has 3 atom stereocenters. The van der Waals surface area contributed by atoms with Crippen LogP contribution in [0.4, 0.5) is 13.6 Å². The Labute approximate surface area is 261 Å². The van der Waals surface area contributed by atoms with Gasteiger partial charge in [-0.05, 0) is 76.2 Å². The molecule has 240 valence electrons. The molecule has 1 aliphatic carbocycles. The first-order valence-electron chi connectivity index (χ1n) is 16.4. The highest BCUT2D eigenvalue weighted by atomic mass is 35.5. The summed E-state index contributed by atoms with van der Waals surface area (Å²) in [6.45, 7) is 7.02. The van der Waals surface area contributed by atoms with Gasteiger partial charge in [-0.15, -0.1) is 12.4 Å². The van der Waals surface area contributed by atoms with Crippen LogP contribution in [-0.2, 0) is 9.53 Å². The van der Waals surface area contributed by atoms with Crippen LogP contribution >= 0.6 is 12.4 Å². The maximum atomic E-state index is 13.7. The molecule has 1 aromatic carbocycles. The third kappa shape index (κ3) is 6.99. The molecule has 1 spiro atoms. The zero-order chi connectivity index (χ0) is 29.3. The number of carbonyl (C=O) groups is 2. The largest absolute Gasteiger partial charge is 0.381 e. The van der Waals surface area contributed by atoms with Gasteiger partial charge in [0.25, 0.3) is 0 Å². The van der Waals surface area contributed by atoms with Gasteiger partial charge in [0.1, 0.15) is 0 Å². The maximum Gasteiger partial charge on any atom is 0.320 e. The number of nitrogens with zero attached hydrogens (tertiary/aromatic N) is 3. The summed E-state index contributed by atoms with van der Waals surface area (Å²) in [4.78, 5) is 33.7. The molecule has 1 saturated carbocycles. The first-order chi connectivity index (χ1) is 20.3. The Morgan fingerprint density at radius 1 is 1.02 bits per heavy atom. The van der Waals surface area contributed by atoms with Crippen LogP contribution in [0.25, 0.3) is 0 Å². The molecule has 1 aromatic rings. The molecule has 5 aliphatic rings. The molecule has 0 aromatic heterocycles. The zero-order valence-corrected chi connectivity index (χ0v) is 26.3. The third-order valence-corrected chi connectivity index (χ3v) is 11.0. The van der Waals surface area contributed by atoms with Crippen molar-refractivity contribution in [2.45, 2.75) is 107 Å². The lowest BCUT2D eigenvalue weighted by Gasteiger charge is -2.48. The number of carbonyl (C=O) groups excluding carboxylic acids is 2. The predicted octanol–water partition coefficient (Wildman–Crippen LogP) is 6.03. The third-order valence-electron chi connectivity index (χ3n) is 11.0. The molecule has 2 bridgehead atoms. The Morgan fingerprint density at radius 3 is 2.30 bits per heavy atom. The van der Waals surface area contributed by atoms with Gasteiger partial charge in [-0.3, -0.25) is 9.69 Å². The van der Waals surface area contributed by atoms with Crippen molar-refractivity contribution in [1.29, 1.82) is 0 Å². The molecular weight excluding hydrogens is 574 g/mol. The van der Waals surface area contributed by atoms with Gasteiger partial charge in [0, 0.05) is 70.2 Å². The minimum atomic E-state index is -2.64. The Bertz CT molecular complexity index is 1080. The van der Waals surface area contributed by atoms with Gasteiger partial charge in [-0.2, -0.15) is 0 Å². The van der Waals surface area contributed by atoms with Crippen LogP contribution in [0, 0.1) is 11.8 Å². The van der Waals surface area contributed by atoms with Crippen LogP contribution in [0.15, 0.2) is 30.3 Å². The first-order valence-corrected chi connectivity index (χ1v) is 16.4. The fourth-order valence-electron chi connectivity index (χ4n) is 8.74. The van der Waals surface area contributed by atoms with E-state index in [2.05, 4.69) is 39.1 Å². The zero-order valence-electron chi connectivity index (χ0n) is 25.5. The van der Waals surface area contributed by atoms with E-state index in [0.717, 1.165) is 89.9 Å². The van der Waals surface area contributed by atoms with Crippen molar-refractivity contribution in [2.24, 2.45) is 11.8 Å². The standard InChI is InChI=1S/C33H48F2N4O3.ClH/c1-2-39-31(41)37(22-24-13-18-42-19-14-24)23-32(39)20-27-8-9-28(21-32)38(27)17-12-29(25-6-4-3-5-7-25)36-30(40)26-10-15-33(34,35)16-11-26;/h3-7,24,26-29H,2,8-23H2,1H3,(H,36,40);1H/t27?,28?,29-,32?;/m0./s1. The number of piperidine rings is 1. The van der Waals surface area contributed by atoms with Crippen molar-refractivity contribution in [3.05, 3.63) is 35.9 Å². The highest BCUT2D eigenvalue weighted by molar-refractivity contribution is 5.85. The van der Waals surface area contributed by atoms with Crippen LogP contribution in [0.5, 0.6) is 0 Å². The summed E-state index contributed by atoms with van der Waals surface area (Å²) < 4.78 is 33.0. The van der Waals surface area contributed by atoms with Gasteiger partial charge < -0.3 is 19.9 Å². The van der Waals surface area contributed by atoms with Gasteiger partial charge in [-0.1, -0.05) is 30.3 Å². The van der Waals surface area contributed by atoms with E-state index in [1.807, 2.05) is 18.2 Å². The summed E-state index contributed by atoms with van der Waals surface area (Å²) in [5, 5.41) is 3.26. The fourth-order valence-corrected chi connectivity index (χ4v) is 8.74. The van der Waals surface area contributed by atoms with Crippen LogP contribution in [0.3, 0.4) is 0 Å². The smallest absolute Gasteiger partial charge is 0.320 e. The Morgan fingerprint density at radius 2 is 1.67 bits per heavy atom. The van der Waals surface area contributed by atoms with Crippen molar-refractivity contribution < 1.29 is 23.1 Å². The first kappa shape index (κ1) is 32.4. The average molecular weight is 623 g/mol. The van der Waals surface area contributed by atoms with Crippen LogP contribution in [-0.4, -0.2) is 89.6 Å². The number of alkyl halides is 2. The fraction of sp³-hybridized carbons (Fsp3) is 0.758. The van der Waals surface area contributed by atoms with Crippen LogP contribution < -0.4 is 5.32 Å². The Hall–Kier alpha value is -1.97. The van der Waals surface area contributed by atoms with E-state index in [0.29, 0.717) is 18.0 Å². The molecule has 1 N–H and O–H groups in total. The molecule has 0 radical (unpaired) electrons. The number of fused-ring (bicyclic) bond motifs is 2. The summed E-state index contributed by atoms with van der Waals surface area (Å²) in [5.41, 5.74) is 0.977.